The Hall–Kier alpha value is -0.540. The highest BCUT2D eigenvalue weighted by atomic mass is 79.9. The lowest BCUT2D eigenvalue weighted by Gasteiger charge is -2.27. The fourth-order valence-electron chi connectivity index (χ4n) is 3.61. The number of hydrogen-bond acceptors (Lipinski definition) is 1. The summed E-state index contributed by atoms with van der Waals surface area (Å²) in [4.78, 5) is 4.79. The summed E-state index contributed by atoms with van der Waals surface area (Å²) in [6, 6.07) is 6.34. The quantitative estimate of drug-likeness (QED) is 0.659. The number of halogens is 2. The number of rotatable bonds is 4. The Morgan fingerprint density at radius 3 is 3.00 bits per heavy atom. The third kappa shape index (κ3) is 3.45. The Balaban J connectivity index is 1.94. The van der Waals surface area contributed by atoms with Crippen LogP contribution in [-0.4, -0.2) is 15.4 Å². The van der Waals surface area contributed by atoms with E-state index in [-0.39, 0.29) is 0 Å². The van der Waals surface area contributed by atoms with Crippen molar-refractivity contribution in [2.24, 2.45) is 11.8 Å². The number of hydrogen-bond donors (Lipinski definition) is 0. The van der Waals surface area contributed by atoms with Crippen LogP contribution in [0.3, 0.4) is 0 Å². The summed E-state index contributed by atoms with van der Waals surface area (Å²) in [6.07, 6.45) is 6.29. The molecule has 2 atom stereocenters. The first-order valence-electron chi connectivity index (χ1n) is 7.88. The molecule has 1 aromatic carbocycles. The molecule has 1 aromatic heterocycles. The molecule has 3 rings (SSSR count). The number of benzene rings is 1. The molecule has 0 bridgehead atoms. The number of fused-ring (bicyclic) bond motifs is 1. The molecular formula is C17H22BrClN2. The smallest absolute Gasteiger partial charge is 0.111 e. The highest BCUT2D eigenvalue weighted by molar-refractivity contribution is 9.10. The van der Waals surface area contributed by atoms with E-state index in [1.807, 2.05) is 0 Å². The molecule has 1 aliphatic carbocycles. The molecule has 1 saturated carbocycles. The Morgan fingerprint density at radius 2 is 2.24 bits per heavy atom. The number of aromatic nitrogens is 2. The minimum absolute atomic E-state index is 0.631. The highest BCUT2D eigenvalue weighted by Crippen LogP contribution is 2.31. The van der Waals surface area contributed by atoms with Crippen molar-refractivity contribution in [2.75, 3.05) is 5.88 Å². The molecule has 4 heteroatoms. The summed E-state index contributed by atoms with van der Waals surface area (Å²) in [5.41, 5.74) is 2.32. The van der Waals surface area contributed by atoms with Crippen molar-refractivity contribution in [2.45, 2.75) is 45.6 Å². The molecule has 2 nitrogen and oxygen atoms in total. The lowest BCUT2D eigenvalue weighted by Crippen LogP contribution is -2.20. The minimum atomic E-state index is 0.631. The molecule has 0 aliphatic heterocycles. The van der Waals surface area contributed by atoms with Gasteiger partial charge in [-0.3, -0.25) is 0 Å². The van der Waals surface area contributed by atoms with E-state index < -0.39 is 0 Å². The second-order valence-electron chi connectivity index (χ2n) is 6.35. The van der Waals surface area contributed by atoms with E-state index >= 15 is 0 Å². The Kier molecular flexibility index (Phi) is 4.90. The molecule has 1 fully saturated rings. The average Bonchev–Trinajstić information content (AvgIpc) is 2.77. The molecule has 1 heterocycles. The van der Waals surface area contributed by atoms with E-state index in [1.165, 1.54) is 31.2 Å². The maximum Gasteiger partial charge on any atom is 0.111 e. The molecule has 0 amide bonds. The third-order valence-electron chi connectivity index (χ3n) is 4.59. The summed E-state index contributed by atoms with van der Waals surface area (Å²) in [7, 11) is 0. The van der Waals surface area contributed by atoms with Crippen LogP contribution >= 0.6 is 27.5 Å². The predicted octanol–water partition coefficient (Wildman–Crippen LogP) is 5.41. The standard InChI is InChI=1S/C17H22BrClN2/c1-12-3-2-4-13(9-12)11-21-16-10-14(18)5-6-15(16)20-17(21)7-8-19/h5-6,10,12-13H,2-4,7-9,11H2,1H3. The van der Waals surface area contributed by atoms with E-state index in [0.717, 1.165) is 40.6 Å². The Morgan fingerprint density at radius 1 is 1.38 bits per heavy atom. The van der Waals surface area contributed by atoms with Crippen LogP contribution in [0.2, 0.25) is 0 Å². The van der Waals surface area contributed by atoms with Crippen LogP contribution in [0.25, 0.3) is 11.0 Å². The van der Waals surface area contributed by atoms with Crippen molar-refractivity contribution < 1.29 is 0 Å². The Bertz CT molecular complexity index is 623. The van der Waals surface area contributed by atoms with Crippen LogP contribution in [0.4, 0.5) is 0 Å². The SMILES string of the molecule is CC1CCCC(Cn2c(CCCl)nc3ccc(Br)cc32)C1. The van der Waals surface area contributed by atoms with Crippen molar-refractivity contribution in [3.8, 4) is 0 Å². The maximum absolute atomic E-state index is 5.97. The molecule has 21 heavy (non-hydrogen) atoms. The highest BCUT2D eigenvalue weighted by Gasteiger charge is 2.21. The molecule has 114 valence electrons. The molecule has 2 aromatic rings. The van der Waals surface area contributed by atoms with Crippen LogP contribution in [0.15, 0.2) is 22.7 Å². The molecule has 2 unspecified atom stereocenters. The van der Waals surface area contributed by atoms with Crippen molar-refractivity contribution in [3.63, 3.8) is 0 Å². The van der Waals surface area contributed by atoms with Crippen LogP contribution in [0.1, 0.15) is 38.4 Å². The van der Waals surface area contributed by atoms with Crippen molar-refractivity contribution >= 4 is 38.6 Å². The monoisotopic (exact) mass is 368 g/mol. The van der Waals surface area contributed by atoms with Gasteiger partial charge in [-0.15, -0.1) is 11.6 Å². The van der Waals surface area contributed by atoms with E-state index in [4.69, 9.17) is 16.6 Å². The van der Waals surface area contributed by atoms with Gasteiger partial charge in [-0.1, -0.05) is 35.7 Å². The van der Waals surface area contributed by atoms with E-state index in [1.54, 1.807) is 0 Å². The second kappa shape index (κ2) is 6.70. The number of aryl methyl sites for hydroxylation is 1. The molecule has 0 N–H and O–H groups in total. The zero-order valence-electron chi connectivity index (χ0n) is 12.5. The lowest BCUT2D eigenvalue weighted by molar-refractivity contribution is 0.257. The van der Waals surface area contributed by atoms with Gasteiger partial charge in [0.25, 0.3) is 0 Å². The third-order valence-corrected chi connectivity index (χ3v) is 5.28. The Labute approximate surface area is 140 Å². The van der Waals surface area contributed by atoms with Gasteiger partial charge in [0.15, 0.2) is 0 Å². The van der Waals surface area contributed by atoms with Gasteiger partial charge in [-0.05, 0) is 42.9 Å². The van der Waals surface area contributed by atoms with Gasteiger partial charge in [0.05, 0.1) is 11.0 Å². The maximum atomic E-state index is 5.97. The molecule has 1 aliphatic rings. The summed E-state index contributed by atoms with van der Waals surface area (Å²) in [5.74, 6) is 3.41. The van der Waals surface area contributed by atoms with Crippen LogP contribution in [0.5, 0.6) is 0 Å². The van der Waals surface area contributed by atoms with Crippen LogP contribution in [-0.2, 0) is 13.0 Å². The van der Waals surface area contributed by atoms with Gasteiger partial charge < -0.3 is 4.57 Å². The second-order valence-corrected chi connectivity index (χ2v) is 7.64. The van der Waals surface area contributed by atoms with Crippen molar-refractivity contribution in [1.29, 1.82) is 0 Å². The summed E-state index contributed by atoms with van der Waals surface area (Å²) in [6.45, 7) is 3.47. The topological polar surface area (TPSA) is 17.8 Å². The zero-order valence-corrected chi connectivity index (χ0v) is 14.8. The minimum Gasteiger partial charge on any atom is -0.328 e. The predicted molar refractivity (Wildman–Crippen MR) is 93.0 cm³/mol. The molecule has 0 spiro atoms. The first kappa shape index (κ1) is 15.4. The van der Waals surface area contributed by atoms with Gasteiger partial charge in [-0.25, -0.2) is 4.98 Å². The normalized spacial score (nSPS) is 22.8. The van der Waals surface area contributed by atoms with Gasteiger partial charge >= 0.3 is 0 Å². The summed E-state index contributed by atoms with van der Waals surface area (Å²) >= 11 is 9.55. The fraction of sp³-hybridized carbons (Fsp3) is 0.588. The number of alkyl halides is 1. The van der Waals surface area contributed by atoms with E-state index in [2.05, 4.69) is 45.6 Å². The van der Waals surface area contributed by atoms with Crippen molar-refractivity contribution in [3.05, 3.63) is 28.5 Å². The zero-order chi connectivity index (χ0) is 14.8. The van der Waals surface area contributed by atoms with E-state index in [9.17, 15) is 0 Å². The summed E-state index contributed by atoms with van der Waals surface area (Å²) < 4.78 is 3.52. The van der Waals surface area contributed by atoms with Gasteiger partial charge in [0.2, 0.25) is 0 Å². The first-order chi connectivity index (χ1) is 10.2. The lowest BCUT2D eigenvalue weighted by atomic mass is 9.82. The number of nitrogens with zero attached hydrogens (tertiary/aromatic N) is 2. The van der Waals surface area contributed by atoms with Crippen LogP contribution < -0.4 is 0 Å². The number of imidazole rings is 1. The summed E-state index contributed by atoms with van der Waals surface area (Å²) in [5, 5.41) is 0. The van der Waals surface area contributed by atoms with Gasteiger partial charge in [0, 0.05) is 23.3 Å². The van der Waals surface area contributed by atoms with Crippen LogP contribution in [0, 0.1) is 11.8 Å². The molecule has 0 saturated heterocycles. The van der Waals surface area contributed by atoms with E-state index in [0.29, 0.717) is 5.88 Å². The average molecular weight is 370 g/mol. The van der Waals surface area contributed by atoms with Gasteiger partial charge in [0.1, 0.15) is 5.82 Å². The fourth-order valence-corrected chi connectivity index (χ4v) is 4.13. The van der Waals surface area contributed by atoms with Crippen molar-refractivity contribution in [1.82, 2.24) is 9.55 Å². The van der Waals surface area contributed by atoms with Gasteiger partial charge in [-0.2, -0.15) is 0 Å². The largest absolute Gasteiger partial charge is 0.328 e. The molecular weight excluding hydrogens is 348 g/mol. The molecule has 0 radical (unpaired) electrons. The first-order valence-corrected chi connectivity index (χ1v) is 9.20.